The molecule has 1 amide bonds. The highest BCUT2D eigenvalue weighted by Gasteiger charge is 2.11. The first-order valence-electron chi connectivity index (χ1n) is 8.05. The van der Waals surface area contributed by atoms with E-state index in [9.17, 15) is 4.79 Å². The molecule has 0 spiro atoms. The van der Waals surface area contributed by atoms with Gasteiger partial charge in [0.15, 0.2) is 0 Å². The largest absolute Gasteiger partial charge is 0.351 e. The molecule has 1 saturated heterocycles. The molecule has 124 valence electrons. The van der Waals surface area contributed by atoms with Crippen molar-refractivity contribution in [1.82, 2.24) is 20.2 Å². The number of halogens is 1. The summed E-state index contributed by atoms with van der Waals surface area (Å²) in [6.45, 7) is 4.31. The van der Waals surface area contributed by atoms with Crippen molar-refractivity contribution in [3.8, 4) is 0 Å². The first-order valence-corrected chi connectivity index (χ1v) is 8.05. The Kier molecular flexibility index (Phi) is 6.74. The third-order valence-electron chi connectivity index (χ3n) is 4.07. The molecule has 2 aromatic rings. The Morgan fingerprint density at radius 2 is 1.87 bits per heavy atom. The highest BCUT2D eigenvalue weighted by atomic mass is 35.5. The standard InChI is InChI=1S/C17H22N4O.ClH/c22-17(18-9-3-4-10-21-11-5-6-12-21)16-13-19-14-7-1-2-8-15(14)20-16;/h1-2,7-8,13H,3-6,9-12H2,(H,18,22);1H. The van der Waals surface area contributed by atoms with Crippen molar-refractivity contribution in [2.45, 2.75) is 25.7 Å². The van der Waals surface area contributed by atoms with Gasteiger partial charge >= 0.3 is 0 Å². The zero-order chi connectivity index (χ0) is 15.2. The van der Waals surface area contributed by atoms with Crippen molar-refractivity contribution in [1.29, 1.82) is 0 Å². The number of nitrogens with zero attached hydrogens (tertiary/aromatic N) is 3. The maximum atomic E-state index is 12.1. The average Bonchev–Trinajstić information content (AvgIpc) is 3.07. The normalized spacial score (nSPS) is 14.6. The maximum absolute atomic E-state index is 12.1. The molecule has 0 atom stereocenters. The third-order valence-corrected chi connectivity index (χ3v) is 4.07. The summed E-state index contributed by atoms with van der Waals surface area (Å²) in [6.07, 6.45) is 6.34. The van der Waals surface area contributed by atoms with E-state index in [1.807, 2.05) is 24.3 Å². The maximum Gasteiger partial charge on any atom is 0.271 e. The van der Waals surface area contributed by atoms with Crippen LogP contribution >= 0.6 is 12.4 Å². The van der Waals surface area contributed by atoms with Crippen LogP contribution < -0.4 is 5.32 Å². The SMILES string of the molecule is Cl.O=C(NCCCCN1CCCC1)c1cnc2ccccc2n1. The van der Waals surface area contributed by atoms with Gasteiger partial charge in [-0.1, -0.05) is 12.1 Å². The van der Waals surface area contributed by atoms with E-state index in [-0.39, 0.29) is 18.3 Å². The van der Waals surface area contributed by atoms with Crippen LogP contribution in [0.3, 0.4) is 0 Å². The van der Waals surface area contributed by atoms with E-state index in [0.717, 1.165) is 30.4 Å². The lowest BCUT2D eigenvalue weighted by Crippen LogP contribution is -2.27. The number of hydrogen-bond donors (Lipinski definition) is 1. The predicted molar refractivity (Wildman–Crippen MR) is 94.0 cm³/mol. The van der Waals surface area contributed by atoms with Gasteiger partial charge in [0.25, 0.3) is 5.91 Å². The molecule has 1 fully saturated rings. The van der Waals surface area contributed by atoms with Crippen molar-refractivity contribution in [3.63, 3.8) is 0 Å². The number of hydrogen-bond acceptors (Lipinski definition) is 4. The molecule has 6 heteroatoms. The highest BCUT2D eigenvalue weighted by Crippen LogP contribution is 2.09. The second-order valence-electron chi connectivity index (χ2n) is 5.76. The first-order chi connectivity index (χ1) is 10.8. The summed E-state index contributed by atoms with van der Waals surface area (Å²) in [6, 6.07) is 7.58. The van der Waals surface area contributed by atoms with Crippen LogP contribution in [0.15, 0.2) is 30.5 Å². The van der Waals surface area contributed by atoms with E-state index in [1.165, 1.54) is 25.9 Å². The van der Waals surface area contributed by atoms with Gasteiger partial charge in [0.1, 0.15) is 5.69 Å². The number of para-hydroxylation sites is 2. The number of nitrogens with one attached hydrogen (secondary N) is 1. The van der Waals surface area contributed by atoms with Gasteiger partial charge in [-0.3, -0.25) is 9.78 Å². The summed E-state index contributed by atoms with van der Waals surface area (Å²) in [7, 11) is 0. The molecule has 0 aliphatic carbocycles. The van der Waals surface area contributed by atoms with Crippen molar-refractivity contribution in [2.75, 3.05) is 26.2 Å². The molecule has 1 aliphatic rings. The molecule has 1 aromatic heterocycles. The number of carbonyl (C=O) groups excluding carboxylic acids is 1. The molecule has 0 saturated carbocycles. The van der Waals surface area contributed by atoms with E-state index in [2.05, 4.69) is 20.2 Å². The minimum absolute atomic E-state index is 0. The smallest absolute Gasteiger partial charge is 0.271 e. The van der Waals surface area contributed by atoms with Gasteiger partial charge in [0.2, 0.25) is 0 Å². The zero-order valence-corrected chi connectivity index (χ0v) is 14.0. The fraction of sp³-hybridized carbons (Fsp3) is 0.471. The second kappa shape index (κ2) is 8.79. The van der Waals surface area contributed by atoms with Crippen LogP contribution in [0.2, 0.25) is 0 Å². The van der Waals surface area contributed by atoms with E-state index < -0.39 is 0 Å². The van der Waals surface area contributed by atoms with Crippen LogP contribution in [0.5, 0.6) is 0 Å². The Labute approximate surface area is 142 Å². The number of unbranched alkanes of at least 4 members (excludes halogenated alkanes) is 1. The number of likely N-dealkylation sites (tertiary alicyclic amines) is 1. The lowest BCUT2D eigenvalue weighted by atomic mass is 10.2. The highest BCUT2D eigenvalue weighted by molar-refractivity contribution is 5.93. The van der Waals surface area contributed by atoms with Crippen LogP contribution in [0.25, 0.3) is 11.0 Å². The minimum atomic E-state index is -0.139. The molecule has 0 radical (unpaired) electrons. The molecule has 1 N–H and O–H groups in total. The first kappa shape index (κ1) is 17.6. The predicted octanol–water partition coefficient (Wildman–Crippen LogP) is 2.66. The summed E-state index contributed by atoms with van der Waals surface area (Å²) < 4.78 is 0. The topological polar surface area (TPSA) is 58.1 Å². The summed E-state index contributed by atoms with van der Waals surface area (Å²) in [5.74, 6) is -0.139. The summed E-state index contributed by atoms with van der Waals surface area (Å²) in [4.78, 5) is 23.2. The number of carbonyl (C=O) groups is 1. The lowest BCUT2D eigenvalue weighted by molar-refractivity contribution is 0.0947. The number of amides is 1. The van der Waals surface area contributed by atoms with Crippen LogP contribution in [0, 0.1) is 0 Å². The zero-order valence-electron chi connectivity index (χ0n) is 13.2. The number of fused-ring (bicyclic) bond motifs is 1. The van der Waals surface area contributed by atoms with Crippen LogP contribution in [0.4, 0.5) is 0 Å². The van der Waals surface area contributed by atoms with Crippen molar-refractivity contribution < 1.29 is 4.79 Å². The fourth-order valence-corrected chi connectivity index (χ4v) is 2.83. The van der Waals surface area contributed by atoms with Crippen molar-refractivity contribution >= 4 is 29.3 Å². The van der Waals surface area contributed by atoms with Gasteiger partial charge in [-0.25, -0.2) is 4.98 Å². The Bertz CT molecular complexity index is 643. The minimum Gasteiger partial charge on any atom is -0.351 e. The summed E-state index contributed by atoms with van der Waals surface area (Å²) in [5.41, 5.74) is 1.95. The lowest BCUT2D eigenvalue weighted by Gasteiger charge is -2.13. The van der Waals surface area contributed by atoms with Crippen molar-refractivity contribution in [3.05, 3.63) is 36.2 Å². The second-order valence-corrected chi connectivity index (χ2v) is 5.76. The number of benzene rings is 1. The third kappa shape index (κ3) is 4.88. The Morgan fingerprint density at radius 3 is 2.65 bits per heavy atom. The van der Waals surface area contributed by atoms with E-state index >= 15 is 0 Å². The van der Waals surface area contributed by atoms with Gasteiger partial charge in [-0.15, -0.1) is 12.4 Å². The summed E-state index contributed by atoms with van der Waals surface area (Å²) in [5, 5.41) is 2.93. The van der Waals surface area contributed by atoms with E-state index in [1.54, 1.807) is 6.20 Å². The summed E-state index contributed by atoms with van der Waals surface area (Å²) >= 11 is 0. The molecular weight excluding hydrogens is 312 g/mol. The Hall–Kier alpha value is -1.72. The van der Waals surface area contributed by atoms with E-state index in [4.69, 9.17) is 0 Å². The van der Waals surface area contributed by atoms with E-state index in [0.29, 0.717) is 12.2 Å². The van der Waals surface area contributed by atoms with Crippen LogP contribution in [0.1, 0.15) is 36.2 Å². The molecule has 3 rings (SSSR count). The van der Waals surface area contributed by atoms with Crippen LogP contribution in [-0.2, 0) is 0 Å². The Morgan fingerprint density at radius 1 is 1.13 bits per heavy atom. The fourth-order valence-electron chi connectivity index (χ4n) is 2.83. The molecule has 1 aromatic carbocycles. The number of aromatic nitrogens is 2. The van der Waals surface area contributed by atoms with Gasteiger partial charge in [-0.05, 0) is 57.5 Å². The van der Waals surface area contributed by atoms with Crippen LogP contribution in [-0.4, -0.2) is 47.0 Å². The van der Waals surface area contributed by atoms with Gasteiger partial charge in [0.05, 0.1) is 17.2 Å². The molecule has 2 heterocycles. The van der Waals surface area contributed by atoms with Crippen molar-refractivity contribution in [2.24, 2.45) is 0 Å². The van der Waals surface area contributed by atoms with Gasteiger partial charge in [-0.2, -0.15) is 0 Å². The molecule has 0 unspecified atom stereocenters. The van der Waals surface area contributed by atoms with Gasteiger partial charge in [0, 0.05) is 6.54 Å². The van der Waals surface area contributed by atoms with Gasteiger partial charge < -0.3 is 10.2 Å². The molecule has 5 nitrogen and oxygen atoms in total. The monoisotopic (exact) mass is 334 g/mol. The molecule has 0 bridgehead atoms. The molecule has 1 aliphatic heterocycles. The molecular formula is C17H23ClN4O. The molecule has 23 heavy (non-hydrogen) atoms. The number of rotatable bonds is 6. The Balaban J connectivity index is 0.00000192. The average molecular weight is 335 g/mol. The quantitative estimate of drug-likeness (QED) is 0.825.